The molecule has 0 amide bonds. The van der Waals surface area contributed by atoms with Crippen molar-refractivity contribution in [1.29, 1.82) is 0 Å². The average Bonchev–Trinajstić information content (AvgIpc) is 2.94. The van der Waals surface area contributed by atoms with Crippen LogP contribution in [0.4, 0.5) is 5.00 Å². The van der Waals surface area contributed by atoms with Crippen LogP contribution >= 0.6 is 22.7 Å². The molecular weight excluding hydrogens is 256 g/mol. The molecular formula is C11H12N2O2S2. The van der Waals surface area contributed by atoms with E-state index in [9.17, 15) is 4.79 Å². The predicted molar refractivity (Wildman–Crippen MR) is 70.6 cm³/mol. The molecule has 0 bridgehead atoms. The van der Waals surface area contributed by atoms with Crippen molar-refractivity contribution in [3.05, 3.63) is 22.7 Å². The molecule has 0 saturated carbocycles. The number of aryl methyl sites for hydroxylation is 1. The van der Waals surface area contributed by atoms with Crippen LogP contribution < -0.4 is 5.73 Å². The summed E-state index contributed by atoms with van der Waals surface area (Å²) in [6, 6.07) is 4.07. The zero-order valence-corrected chi connectivity index (χ0v) is 11.2. The first kappa shape index (κ1) is 12.1. The Morgan fingerprint density at radius 2 is 2.24 bits per heavy atom. The Balaban J connectivity index is 2.37. The summed E-state index contributed by atoms with van der Waals surface area (Å²) >= 11 is 2.98. The third-order valence-electron chi connectivity index (χ3n) is 2.25. The molecule has 2 heterocycles. The monoisotopic (exact) mass is 268 g/mol. The fourth-order valence-corrected chi connectivity index (χ4v) is 3.18. The topological polar surface area (TPSA) is 65.2 Å². The number of esters is 1. The molecule has 2 N–H and O–H groups in total. The van der Waals surface area contributed by atoms with Crippen molar-refractivity contribution in [3.8, 4) is 9.88 Å². The maximum atomic E-state index is 11.4. The number of nitrogen functional groups attached to an aromatic ring is 1. The summed E-state index contributed by atoms with van der Waals surface area (Å²) in [4.78, 5) is 17.9. The van der Waals surface area contributed by atoms with Gasteiger partial charge < -0.3 is 10.5 Å². The molecule has 4 nitrogen and oxygen atoms in total. The van der Waals surface area contributed by atoms with Crippen molar-refractivity contribution in [2.75, 3.05) is 12.8 Å². The molecule has 0 fully saturated rings. The van der Waals surface area contributed by atoms with Gasteiger partial charge in [-0.1, -0.05) is 18.3 Å². The van der Waals surface area contributed by atoms with Gasteiger partial charge in [0, 0.05) is 4.88 Å². The molecule has 2 rings (SSSR count). The van der Waals surface area contributed by atoms with Crippen LogP contribution in [-0.4, -0.2) is 18.1 Å². The van der Waals surface area contributed by atoms with Gasteiger partial charge in [0.25, 0.3) is 0 Å². The fourth-order valence-electron chi connectivity index (χ4n) is 1.36. The molecule has 0 saturated heterocycles. The smallest absolute Gasteiger partial charge is 0.359 e. The molecule has 0 unspecified atom stereocenters. The highest BCUT2D eigenvalue weighted by molar-refractivity contribution is 7.24. The first-order chi connectivity index (χ1) is 8.15. The molecule has 6 heteroatoms. The highest BCUT2D eigenvalue weighted by Gasteiger charge is 2.18. The maximum Gasteiger partial charge on any atom is 0.359 e. The van der Waals surface area contributed by atoms with Gasteiger partial charge in [0.2, 0.25) is 0 Å². The summed E-state index contributed by atoms with van der Waals surface area (Å²) in [7, 11) is 1.32. The van der Waals surface area contributed by atoms with Gasteiger partial charge in [-0.15, -0.1) is 11.3 Å². The second-order valence-corrected chi connectivity index (χ2v) is 5.54. The van der Waals surface area contributed by atoms with E-state index >= 15 is 0 Å². The molecule has 90 valence electrons. The largest absolute Gasteiger partial charge is 0.464 e. The van der Waals surface area contributed by atoms with E-state index in [2.05, 4.69) is 22.7 Å². The second-order valence-electron chi connectivity index (χ2n) is 3.34. The minimum absolute atomic E-state index is 0.207. The van der Waals surface area contributed by atoms with Crippen LogP contribution in [0.3, 0.4) is 0 Å². The van der Waals surface area contributed by atoms with Crippen LogP contribution in [0.5, 0.6) is 0 Å². The Morgan fingerprint density at radius 1 is 1.47 bits per heavy atom. The minimum Gasteiger partial charge on any atom is -0.464 e. The number of ether oxygens (including phenoxy) is 1. The zero-order valence-electron chi connectivity index (χ0n) is 9.52. The SMILES string of the molecule is CCc1ccc(-c2nc(C(=O)OC)c(N)s2)s1. The van der Waals surface area contributed by atoms with Gasteiger partial charge in [-0.25, -0.2) is 9.78 Å². The molecule has 0 atom stereocenters. The molecule has 0 aromatic carbocycles. The summed E-state index contributed by atoms with van der Waals surface area (Å²) in [5.41, 5.74) is 5.96. The molecule has 2 aromatic rings. The van der Waals surface area contributed by atoms with Gasteiger partial charge in [0.05, 0.1) is 12.0 Å². The minimum atomic E-state index is -0.489. The Morgan fingerprint density at radius 3 is 2.82 bits per heavy atom. The second kappa shape index (κ2) is 4.85. The predicted octanol–water partition coefficient (Wildman–Crippen LogP) is 2.80. The van der Waals surface area contributed by atoms with Gasteiger partial charge in [0.15, 0.2) is 5.69 Å². The number of hydrogen-bond donors (Lipinski definition) is 1. The summed E-state index contributed by atoms with van der Waals surface area (Å²) in [6.45, 7) is 2.10. The van der Waals surface area contributed by atoms with E-state index in [1.165, 1.54) is 23.3 Å². The van der Waals surface area contributed by atoms with Gasteiger partial charge >= 0.3 is 5.97 Å². The number of thiophene rings is 1. The van der Waals surface area contributed by atoms with Crippen molar-refractivity contribution in [2.45, 2.75) is 13.3 Å². The third kappa shape index (κ3) is 2.32. The van der Waals surface area contributed by atoms with E-state index in [1.54, 1.807) is 11.3 Å². The van der Waals surface area contributed by atoms with E-state index < -0.39 is 5.97 Å². The Kier molecular flexibility index (Phi) is 3.44. The Labute approximate surface area is 107 Å². The number of nitrogens with zero attached hydrogens (tertiary/aromatic N) is 1. The summed E-state index contributed by atoms with van der Waals surface area (Å²) in [6.07, 6.45) is 0.995. The Hall–Kier alpha value is -1.40. The highest BCUT2D eigenvalue weighted by Crippen LogP contribution is 2.34. The highest BCUT2D eigenvalue weighted by atomic mass is 32.1. The standard InChI is InChI=1S/C11H12N2O2S2/c1-3-6-4-5-7(16-6)10-13-8(9(12)17-10)11(14)15-2/h4-5H,3,12H2,1-2H3. The quantitative estimate of drug-likeness (QED) is 0.869. The van der Waals surface area contributed by atoms with Crippen LogP contribution in [-0.2, 0) is 11.2 Å². The van der Waals surface area contributed by atoms with E-state index in [0.717, 1.165) is 16.3 Å². The van der Waals surface area contributed by atoms with Crippen LogP contribution in [0.2, 0.25) is 0 Å². The number of hydrogen-bond acceptors (Lipinski definition) is 6. The number of carbonyl (C=O) groups is 1. The van der Waals surface area contributed by atoms with E-state index in [1.807, 2.05) is 6.07 Å². The van der Waals surface area contributed by atoms with Crippen LogP contribution in [0, 0.1) is 0 Å². The van der Waals surface area contributed by atoms with Crippen molar-refractivity contribution in [1.82, 2.24) is 4.98 Å². The molecule has 0 spiro atoms. The summed E-state index contributed by atoms with van der Waals surface area (Å²) in [5, 5.41) is 1.17. The lowest BCUT2D eigenvalue weighted by Gasteiger charge is -1.93. The molecule has 0 aliphatic heterocycles. The van der Waals surface area contributed by atoms with Gasteiger partial charge in [0.1, 0.15) is 10.0 Å². The maximum absolute atomic E-state index is 11.4. The summed E-state index contributed by atoms with van der Waals surface area (Å²) in [5.74, 6) is -0.489. The van der Waals surface area contributed by atoms with Crippen LogP contribution in [0.1, 0.15) is 22.3 Å². The lowest BCUT2D eigenvalue weighted by Crippen LogP contribution is -2.04. The zero-order chi connectivity index (χ0) is 12.4. The number of anilines is 1. The lowest BCUT2D eigenvalue weighted by molar-refractivity contribution is 0.0596. The lowest BCUT2D eigenvalue weighted by atomic mass is 10.4. The van der Waals surface area contributed by atoms with Gasteiger partial charge in [-0.05, 0) is 18.6 Å². The van der Waals surface area contributed by atoms with E-state index in [4.69, 9.17) is 5.73 Å². The molecule has 2 aromatic heterocycles. The van der Waals surface area contributed by atoms with Gasteiger partial charge in [-0.3, -0.25) is 0 Å². The van der Waals surface area contributed by atoms with E-state index in [-0.39, 0.29) is 5.69 Å². The normalized spacial score (nSPS) is 10.5. The number of thiazole rings is 1. The number of nitrogens with two attached hydrogens (primary N) is 1. The summed E-state index contributed by atoms with van der Waals surface area (Å²) < 4.78 is 4.62. The number of methoxy groups -OCH3 is 1. The average molecular weight is 268 g/mol. The van der Waals surface area contributed by atoms with Crippen molar-refractivity contribution in [2.24, 2.45) is 0 Å². The molecule has 0 radical (unpaired) electrons. The Bertz CT molecular complexity index is 545. The van der Waals surface area contributed by atoms with Crippen LogP contribution in [0.25, 0.3) is 9.88 Å². The van der Waals surface area contributed by atoms with Crippen LogP contribution in [0.15, 0.2) is 12.1 Å². The first-order valence-electron chi connectivity index (χ1n) is 5.09. The number of rotatable bonds is 3. The van der Waals surface area contributed by atoms with Crippen molar-refractivity contribution < 1.29 is 9.53 Å². The van der Waals surface area contributed by atoms with Crippen molar-refractivity contribution >= 4 is 33.6 Å². The molecule has 17 heavy (non-hydrogen) atoms. The van der Waals surface area contributed by atoms with Gasteiger partial charge in [-0.2, -0.15) is 0 Å². The van der Waals surface area contributed by atoms with Crippen molar-refractivity contribution in [3.63, 3.8) is 0 Å². The number of carbonyl (C=O) groups excluding carboxylic acids is 1. The van der Waals surface area contributed by atoms with E-state index in [0.29, 0.717) is 5.00 Å². The number of aromatic nitrogens is 1. The third-order valence-corrected chi connectivity index (χ3v) is 4.54. The molecule has 0 aliphatic carbocycles. The first-order valence-corrected chi connectivity index (χ1v) is 6.72. The fraction of sp³-hybridized carbons (Fsp3) is 0.273. The molecule has 0 aliphatic rings.